The van der Waals surface area contributed by atoms with Crippen LogP contribution in [-0.2, 0) is 26.7 Å². The molecular formula is C32H36N2O4S. The van der Waals surface area contributed by atoms with Gasteiger partial charge in [-0.05, 0) is 103 Å². The summed E-state index contributed by atoms with van der Waals surface area (Å²) in [7, 11) is -3.52. The van der Waals surface area contributed by atoms with E-state index in [0.717, 1.165) is 72.2 Å². The Morgan fingerprint density at radius 1 is 1.05 bits per heavy atom. The Balaban J connectivity index is 1.21. The van der Waals surface area contributed by atoms with Crippen molar-refractivity contribution >= 4 is 21.6 Å². The quantitative estimate of drug-likeness (QED) is 0.336. The summed E-state index contributed by atoms with van der Waals surface area (Å²) >= 11 is 0. The fraction of sp³-hybridized carbons (Fsp3) is 0.406. The van der Waals surface area contributed by atoms with Crippen molar-refractivity contribution in [3.8, 4) is 16.9 Å². The first-order chi connectivity index (χ1) is 18.8. The number of amides is 1. The smallest absolute Gasteiger partial charge is 0.243 e. The normalized spacial score (nSPS) is 17.5. The number of benzene rings is 3. The predicted octanol–water partition coefficient (Wildman–Crippen LogP) is 6.08. The highest BCUT2D eigenvalue weighted by molar-refractivity contribution is 7.89. The number of sulfonamides is 1. The average molecular weight is 545 g/mol. The molecule has 0 spiro atoms. The van der Waals surface area contributed by atoms with Crippen molar-refractivity contribution < 1.29 is 17.9 Å². The summed E-state index contributed by atoms with van der Waals surface area (Å²) in [6.07, 6.45) is 5.59. The second-order valence-corrected chi connectivity index (χ2v) is 13.3. The number of anilines is 1. The predicted molar refractivity (Wildman–Crippen MR) is 154 cm³/mol. The third kappa shape index (κ3) is 5.10. The topological polar surface area (TPSA) is 75.7 Å². The highest BCUT2D eigenvalue weighted by Crippen LogP contribution is 2.50. The van der Waals surface area contributed by atoms with Gasteiger partial charge in [-0.15, -0.1) is 0 Å². The van der Waals surface area contributed by atoms with Crippen LogP contribution in [0.15, 0.2) is 65.6 Å². The molecular weight excluding hydrogens is 508 g/mol. The van der Waals surface area contributed by atoms with E-state index in [4.69, 9.17) is 4.74 Å². The van der Waals surface area contributed by atoms with Crippen LogP contribution in [0.25, 0.3) is 11.1 Å². The third-order valence-electron chi connectivity index (χ3n) is 8.36. The van der Waals surface area contributed by atoms with Crippen LogP contribution in [-0.4, -0.2) is 38.3 Å². The third-order valence-corrected chi connectivity index (χ3v) is 10.2. The van der Waals surface area contributed by atoms with Crippen LogP contribution in [0.5, 0.6) is 5.75 Å². The highest BCUT2D eigenvalue weighted by Gasteiger charge is 2.51. The van der Waals surface area contributed by atoms with Gasteiger partial charge >= 0.3 is 0 Å². The van der Waals surface area contributed by atoms with E-state index in [1.165, 1.54) is 5.56 Å². The van der Waals surface area contributed by atoms with Crippen LogP contribution in [0, 0.1) is 12.8 Å². The molecule has 2 aliphatic carbocycles. The Morgan fingerprint density at radius 3 is 2.51 bits per heavy atom. The van der Waals surface area contributed by atoms with Gasteiger partial charge in [-0.1, -0.05) is 37.3 Å². The lowest BCUT2D eigenvalue weighted by molar-refractivity contribution is -0.118. The van der Waals surface area contributed by atoms with Crippen molar-refractivity contribution in [1.29, 1.82) is 0 Å². The number of hydrogen-bond acceptors (Lipinski definition) is 4. The van der Waals surface area contributed by atoms with Gasteiger partial charge in [0.05, 0.1) is 16.9 Å². The van der Waals surface area contributed by atoms with Gasteiger partial charge in [-0.3, -0.25) is 4.79 Å². The summed E-state index contributed by atoms with van der Waals surface area (Å²) in [4.78, 5) is 13.8. The fourth-order valence-corrected chi connectivity index (χ4v) is 7.23. The standard InChI is InChI=1S/C32H36N2O4S/c1-3-17-34(21-23-5-6-23)39(36,37)28-11-7-24(8-12-28)29-20-27(10-4-22(29)2)33-31(35)32(15-16-32)26-9-13-30-25(19-26)14-18-38-30/h4,7-13,19-20,23H,3,5-6,14-18,21H2,1-2H3,(H,33,35). The van der Waals surface area contributed by atoms with Gasteiger partial charge in [-0.2, -0.15) is 4.31 Å². The van der Waals surface area contributed by atoms with Gasteiger partial charge in [0, 0.05) is 25.2 Å². The number of nitrogens with one attached hydrogen (secondary N) is 1. The van der Waals surface area contributed by atoms with E-state index in [1.54, 1.807) is 16.4 Å². The largest absolute Gasteiger partial charge is 0.493 e. The second-order valence-electron chi connectivity index (χ2n) is 11.3. The van der Waals surface area contributed by atoms with Crippen LogP contribution in [0.4, 0.5) is 5.69 Å². The summed E-state index contributed by atoms with van der Waals surface area (Å²) < 4.78 is 33.9. The lowest BCUT2D eigenvalue weighted by atomic mass is 9.92. The molecule has 3 aliphatic rings. The first kappa shape index (κ1) is 26.1. The monoisotopic (exact) mass is 544 g/mol. The van der Waals surface area contributed by atoms with Crippen LogP contribution >= 0.6 is 0 Å². The number of carbonyl (C=O) groups excluding carboxylic acids is 1. The van der Waals surface area contributed by atoms with Crippen molar-refractivity contribution in [2.24, 2.45) is 5.92 Å². The first-order valence-electron chi connectivity index (χ1n) is 14.1. The molecule has 39 heavy (non-hydrogen) atoms. The number of rotatable bonds is 10. The van der Waals surface area contributed by atoms with E-state index < -0.39 is 15.4 Å². The van der Waals surface area contributed by atoms with Crippen molar-refractivity contribution in [1.82, 2.24) is 4.31 Å². The molecule has 3 aromatic carbocycles. The summed E-state index contributed by atoms with van der Waals surface area (Å²) in [5.41, 5.74) is 5.46. The van der Waals surface area contributed by atoms with E-state index in [2.05, 4.69) is 11.4 Å². The number of fused-ring (bicyclic) bond motifs is 1. The Morgan fingerprint density at radius 2 is 1.82 bits per heavy atom. The minimum absolute atomic E-state index is 0.0179. The van der Waals surface area contributed by atoms with Crippen LogP contribution in [0.2, 0.25) is 0 Å². The van der Waals surface area contributed by atoms with E-state index in [-0.39, 0.29) is 5.91 Å². The fourth-order valence-electron chi connectivity index (χ4n) is 5.62. The van der Waals surface area contributed by atoms with Crippen molar-refractivity contribution in [2.75, 3.05) is 25.0 Å². The summed E-state index contributed by atoms with van der Waals surface area (Å²) in [6.45, 7) is 5.90. The van der Waals surface area contributed by atoms with Gasteiger partial charge in [-0.25, -0.2) is 8.42 Å². The molecule has 0 saturated heterocycles. The lowest BCUT2D eigenvalue weighted by Gasteiger charge is -2.21. The van der Waals surface area contributed by atoms with Crippen molar-refractivity contribution in [3.63, 3.8) is 0 Å². The van der Waals surface area contributed by atoms with Crippen LogP contribution in [0.3, 0.4) is 0 Å². The Bertz CT molecular complexity index is 1510. The Hall–Kier alpha value is -3.16. The average Bonchev–Trinajstić information content (AvgIpc) is 3.87. The summed E-state index contributed by atoms with van der Waals surface area (Å²) in [6, 6.07) is 19.2. The minimum Gasteiger partial charge on any atom is -0.493 e. The highest BCUT2D eigenvalue weighted by atomic mass is 32.2. The molecule has 0 unspecified atom stereocenters. The van der Waals surface area contributed by atoms with Gasteiger partial charge < -0.3 is 10.1 Å². The van der Waals surface area contributed by atoms with Gasteiger partial charge in [0.25, 0.3) is 0 Å². The molecule has 2 saturated carbocycles. The van der Waals surface area contributed by atoms with E-state index in [9.17, 15) is 13.2 Å². The molecule has 7 heteroatoms. The summed E-state index contributed by atoms with van der Waals surface area (Å²) in [5.74, 6) is 1.44. The van der Waals surface area contributed by atoms with Crippen LogP contribution < -0.4 is 10.1 Å². The molecule has 0 aromatic heterocycles. The molecule has 0 bridgehead atoms. The molecule has 2 fully saturated rings. The molecule has 6 rings (SSSR count). The molecule has 204 valence electrons. The first-order valence-corrected chi connectivity index (χ1v) is 15.5. The van der Waals surface area contributed by atoms with Crippen molar-refractivity contribution in [3.05, 3.63) is 77.4 Å². The van der Waals surface area contributed by atoms with Gasteiger partial charge in [0.1, 0.15) is 5.75 Å². The number of ether oxygens (including phenoxy) is 1. The molecule has 1 amide bonds. The molecule has 1 aliphatic heterocycles. The molecule has 0 atom stereocenters. The molecule has 3 aromatic rings. The zero-order chi connectivity index (χ0) is 27.2. The Labute approximate surface area is 231 Å². The zero-order valence-corrected chi connectivity index (χ0v) is 23.5. The maximum Gasteiger partial charge on any atom is 0.243 e. The number of hydrogen-bond donors (Lipinski definition) is 1. The van der Waals surface area contributed by atoms with Crippen LogP contribution in [0.1, 0.15) is 55.7 Å². The number of carbonyl (C=O) groups is 1. The van der Waals surface area contributed by atoms with E-state index in [0.29, 0.717) is 30.5 Å². The molecule has 0 radical (unpaired) electrons. The maximum absolute atomic E-state index is 13.5. The Kier molecular flexibility index (Phi) is 6.76. The SMILES string of the molecule is CCCN(CC1CC1)S(=O)(=O)c1ccc(-c2cc(NC(=O)C3(c4ccc5c(c4)CCO5)CC3)ccc2C)cc1. The van der Waals surface area contributed by atoms with Gasteiger partial charge in [0.15, 0.2) is 0 Å². The minimum atomic E-state index is -3.52. The number of aryl methyl sites for hydroxylation is 1. The maximum atomic E-state index is 13.5. The molecule has 1 heterocycles. The molecule has 6 nitrogen and oxygen atoms in total. The lowest BCUT2D eigenvalue weighted by Crippen LogP contribution is -2.33. The van der Waals surface area contributed by atoms with Gasteiger partial charge in [0.2, 0.25) is 15.9 Å². The molecule has 1 N–H and O–H groups in total. The second kappa shape index (κ2) is 10.1. The number of nitrogens with zero attached hydrogens (tertiary/aromatic N) is 1. The zero-order valence-electron chi connectivity index (χ0n) is 22.7. The van der Waals surface area contributed by atoms with E-state index >= 15 is 0 Å². The van der Waals surface area contributed by atoms with Crippen molar-refractivity contribution in [2.45, 2.75) is 62.7 Å². The summed E-state index contributed by atoms with van der Waals surface area (Å²) in [5, 5.41) is 3.16. The van der Waals surface area contributed by atoms with E-state index in [1.807, 2.05) is 56.3 Å².